The predicted octanol–water partition coefficient (Wildman–Crippen LogP) is 0.917. The maximum atomic E-state index is 10.4. The maximum Gasteiger partial charge on any atom is 0.178 e. The molecule has 0 spiro atoms. The van der Waals surface area contributed by atoms with Crippen LogP contribution in [0.2, 0.25) is 0 Å². The Morgan fingerprint density at radius 1 is 1.71 bits per heavy atom. The molecular weight excluding hydrogens is 111 g/mol. The molecule has 0 saturated carbocycles. The molecule has 0 aromatic rings. The molecule has 0 aromatic carbocycles. The lowest BCUT2D eigenvalue weighted by Crippen LogP contribution is -2.00. The van der Waals surface area contributed by atoms with Crippen LogP contribution in [0.25, 0.3) is 0 Å². The van der Waals surface area contributed by atoms with E-state index in [1.54, 1.807) is 0 Å². The second-order valence-electron chi connectivity index (χ2n) is 1.48. The summed E-state index contributed by atoms with van der Waals surface area (Å²) in [7, 11) is 0.137. The van der Waals surface area contributed by atoms with Crippen LogP contribution in [0, 0.1) is 0 Å². The van der Waals surface area contributed by atoms with Crippen LogP contribution >= 0.6 is 8.81 Å². The predicted molar refractivity (Wildman–Crippen MR) is 28.5 cm³/mol. The Balaban J connectivity index is 2.25. The monoisotopic (exact) mass is 118 g/mol. The first-order valence-corrected chi connectivity index (χ1v) is 3.21. The number of carbonyl (C=O) groups excluding carboxylic acids is 1. The van der Waals surface area contributed by atoms with Gasteiger partial charge < -0.3 is 4.52 Å². The van der Waals surface area contributed by atoms with Crippen LogP contribution in [0.1, 0.15) is 12.8 Å². The fourth-order valence-electron chi connectivity index (χ4n) is 0.487. The molecule has 0 amide bonds. The second kappa shape index (κ2) is 2.39. The van der Waals surface area contributed by atoms with E-state index in [0.717, 1.165) is 19.4 Å². The summed E-state index contributed by atoms with van der Waals surface area (Å²) in [4.78, 5) is 10.4. The molecular formula is C4H7O2P. The molecule has 40 valence electrons. The molecule has 2 nitrogen and oxygen atoms in total. The summed E-state index contributed by atoms with van der Waals surface area (Å²) in [6.45, 7) is 0.782. The molecule has 0 N–H and O–H groups in total. The van der Waals surface area contributed by atoms with Crippen molar-refractivity contribution in [1.29, 1.82) is 0 Å². The van der Waals surface area contributed by atoms with Crippen molar-refractivity contribution in [2.75, 3.05) is 6.61 Å². The Bertz CT molecular complexity index is 73.8. The zero-order valence-corrected chi connectivity index (χ0v) is 4.94. The Kier molecular flexibility index (Phi) is 1.77. The lowest BCUT2D eigenvalue weighted by molar-refractivity contribution is -0.112. The minimum absolute atomic E-state index is 0.137. The van der Waals surface area contributed by atoms with Crippen molar-refractivity contribution in [2.45, 2.75) is 12.8 Å². The van der Waals surface area contributed by atoms with Gasteiger partial charge in [0.1, 0.15) is 0 Å². The molecule has 1 saturated heterocycles. The number of carbonyl (C=O) groups is 1. The van der Waals surface area contributed by atoms with Crippen molar-refractivity contribution in [2.24, 2.45) is 0 Å². The summed E-state index contributed by atoms with van der Waals surface area (Å²) < 4.78 is 4.86. The zero-order valence-electron chi connectivity index (χ0n) is 3.94. The van der Waals surface area contributed by atoms with Gasteiger partial charge in [0.15, 0.2) is 5.52 Å². The molecule has 1 aliphatic heterocycles. The highest BCUT2D eigenvalue weighted by Gasteiger charge is 2.06. The third-order valence-corrected chi connectivity index (χ3v) is 1.66. The van der Waals surface area contributed by atoms with Crippen molar-refractivity contribution >= 4 is 14.3 Å². The minimum Gasteiger partial charge on any atom is -0.355 e. The highest BCUT2D eigenvalue weighted by Crippen LogP contribution is 2.21. The van der Waals surface area contributed by atoms with Gasteiger partial charge in [-0.25, -0.2) is 0 Å². The molecule has 0 radical (unpaired) electrons. The Morgan fingerprint density at radius 2 is 2.57 bits per heavy atom. The lowest BCUT2D eigenvalue weighted by Gasteiger charge is -2.06. The van der Waals surface area contributed by atoms with Gasteiger partial charge in [0.05, 0.1) is 15.4 Å². The van der Waals surface area contributed by atoms with Crippen molar-refractivity contribution in [1.82, 2.24) is 0 Å². The van der Waals surface area contributed by atoms with Crippen LogP contribution in [0.15, 0.2) is 0 Å². The normalized spacial score (nSPS) is 26.0. The Morgan fingerprint density at radius 3 is 2.86 bits per heavy atom. The van der Waals surface area contributed by atoms with E-state index in [1.165, 1.54) is 0 Å². The van der Waals surface area contributed by atoms with E-state index in [4.69, 9.17) is 4.52 Å². The largest absolute Gasteiger partial charge is 0.355 e. The summed E-state index contributed by atoms with van der Waals surface area (Å²) in [5.41, 5.74) is 0.270. The highest BCUT2D eigenvalue weighted by atomic mass is 31.1. The summed E-state index contributed by atoms with van der Waals surface area (Å²) in [5, 5.41) is 0. The molecule has 0 bridgehead atoms. The van der Waals surface area contributed by atoms with E-state index in [0.29, 0.717) is 0 Å². The summed E-state index contributed by atoms with van der Waals surface area (Å²) >= 11 is 0. The van der Waals surface area contributed by atoms with Gasteiger partial charge in [-0.05, 0) is 6.42 Å². The smallest absolute Gasteiger partial charge is 0.178 e. The van der Waals surface area contributed by atoms with Gasteiger partial charge in [-0.2, -0.15) is 0 Å². The van der Waals surface area contributed by atoms with Crippen molar-refractivity contribution in [3.05, 3.63) is 0 Å². The quantitative estimate of drug-likeness (QED) is 0.442. The third-order valence-electron chi connectivity index (χ3n) is 0.836. The first kappa shape index (κ1) is 5.20. The molecule has 0 aliphatic carbocycles. The Labute approximate surface area is 44.1 Å². The van der Waals surface area contributed by atoms with Gasteiger partial charge >= 0.3 is 0 Å². The molecule has 1 unspecified atom stereocenters. The molecule has 1 fully saturated rings. The number of rotatable bonds is 0. The minimum atomic E-state index is 0.137. The Hall–Kier alpha value is 0.0600. The van der Waals surface area contributed by atoms with Crippen molar-refractivity contribution in [3.8, 4) is 0 Å². The average molecular weight is 118 g/mol. The van der Waals surface area contributed by atoms with E-state index in [-0.39, 0.29) is 14.3 Å². The molecule has 1 rings (SSSR count). The van der Waals surface area contributed by atoms with Gasteiger partial charge in [-0.15, -0.1) is 0 Å². The molecule has 1 heterocycles. The topological polar surface area (TPSA) is 26.3 Å². The first-order chi connectivity index (χ1) is 3.39. The van der Waals surface area contributed by atoms with Crippen molar-refractivity contribution in [3.63, 3.8) is 0 Å². The fraction of sp³-hybridized carbons (Fsp3) is 0.750. The SMILES string of the molecule is O=C1CCCOP1. The van der Waals surface area contributed by atoms with Crippen LogP contribution in [0.5, 0.6) is 0 Å². The summed E-state index contributed by atoms with van der Waals surface area (Å²) in [6, 6.07) is 0. The third kappa shape index (κ3) is 1.54. The van der Waals surface area contributed by atoms with Crippen LogP contribution in [-0.4, -0.2) is 12.1 Å². The average Bonchev–Trinajstić information content (AvgIpc) is 1.69. The maximum absolute atomic E-state index is 10.4. The first-order valence-electron chi connectivity index (χ1n) is 2.30. The molecule has 0 aromatic heterocycles. The van der Waals surface area contributed by atoms with E-state index < -0.39 is 0 Å². The molecule has 3 heteroatoms. The van der Waals surface area contributed by atoms with E-state index in [2.05, 4.69) is 0 Å². The van der Waals surface area contributed by atoms with Crippen molar-refractivity contribution < 1.29 is 9.32 Å². The van der Waals surface area contributed by atoms with Gasteiger partial charge in [-0.1, -0.05) is 0 Å². The van der Waals surface area contributed by atoms with E-state index >= 15 is 0 Å². The highest BCUT2D eigenvalue weighted by molar-refractivity contribution is 7.53. The van der Waals surface area contributed by atoms with E-state index in [1.807, 2.05) is 0 Å². The zero-order chi connectivity index (χ0) is 5.11. The molecule has 7 heavy (non-hydrogen) atoms. The summed E-state index contributed by atoms with van der Waals surface area (Å²) in [5.74, 6) is 0. The standard InChI is InChI=1S/C4H7O2P/c5-4-2-1-3-6-7-4/h7H,1-3H2. The number of hydrogen-bond donors (Lipinski definition) is 0. The molecule has 1 atom stereocenters. The molecule has 1 aliphatic rings. The van der Waals surface area contributed by atoms with Crippen LogP contribution in [0.4, 0.5) is 0 Å². The van der Waals surface area contributed by atoms with Gasteiger partial charge in [0, 0.05) is 6.42 Å². The van der Waals surface area contributed by atoms with E-state index in [9.17, 15) is 4.79 Å². The summed E-state index contributed by atoms with van der Waals surface area (Å²) in [6.07, 6.45) is 1.66. The van der Waals surface area contributed by atoms with Gasteiger partial charge in [0.25, 0.3) is 0 Å². The number of hydrogen-bond acceptors (Lipinski definition) is 2. The van der Waals surface area contributed by atoms with Gasteiger partial charge in [0.2, 0.25) is 0 Å². The van der Waals surface area contributed by atoms with Crippen LogP contribution < -0.4 is 0 Å². The van der Waals surface area contributed by atoms with Crippen LogP contribution in [-0.2, 0) is 9.32 Å². The second-order valence-corrected chi connectivity index (χ2v) is 2.53. The fourth-order valence-corrected chi connectivity index (χ4v) is 1.17. The lowest BCUT2D eigenvalue weighted by atomic mass is 10.3. The van der Waals surface area contributed by atoms with Gasteiger partial charge in [-0.3, -0.25) is 4.79 Å². The van der Waals surface area contributed by atoms with Crippen LogP contribution in [0.3, 0.4) is 0 Å².